The van der Waals surface area contributed by atoms with E-state index in [-0.39, 0.29) is 0 Å². The molecule has 0 N–H and O–H groups in total. The van der Waals surface area contributed by atoms with Gasteiger partial charge in [-0.2, -0.15) is 0 Å². The normalized spacial score (nSPS) is 11.8. The SMILES string of the molecule is c1ccc(-c2ccccc2-c2nc(-c3ccc4c(c3)-c3cccc5cccc-4c35)nc(-c3ccccc3-c3cccc4oc5ccccc5c34)n2)cc1. The summed E-state index contributed by atoms with van der Waals surface area (Å²) in [7, 11) is 0. The Hall–Kier alpha value is -7.17. The molecule has 246 valence electrons. The number of fused-ring (bicyclic) bond motifs is 6. The quantitative estimate of drug-likeness (QED) is 0.182. The minimum atomic E-state index is 0.610. The van der Waals surface area contributed by atoms with Gasteiger partial charge in [-0.25, -0.2) is 15.0 Å². The number of para-hydroxylation sites is 1. The summed E-state index contributed by atoms with van der Waals surface area (Å²) >= 11 is 0. The van der Waals surface area contributed by atoms with Crippen molar-refractivity contribution >= 4 is 32.7 Å². The molecular formula is C49H29N3O. The molecule has 0 aliphatic heterocycles. The zero-order valence-corrected chi connectivity index (χ0v) is 28.5. The average molecular weight is 676 g/mol. The van der Waals surface area contributed by atoms with Crippen molar-refractivity contribution in [2.75, 3.05) is 0 Å². The van der Waals surface area contributed by atoms with E-state index in [0.29, 0.717) is 17.5 Å². The fourth-order valence-corrected chi connectivity index (χ4v) is 8.14. The van der Waals surface area contributed by atoms with Crippen LogP contribution in [0.5, 0.6) is 0 Å². The Morgan fingerprint density at radius 3 is 1.60 bits per heavy atom. The van der Waals surface area contributed by atoms with Crippen LogP contribution in [0.1, 0.15) is 0 Å². The number of rotatable bonds is 5. The third-order valence-electron chi connectivity index (χ3n) is 10.5. The van der Waals surface area contributed by atoms with E-state index in [1.54, 1.807) is 0 Å². The van der Waals surface area contributed by atoms with Crippen molar-refractivity contribution in [2.24, 2.45) is 0 Å². The van der Waals surface area contributed by atoms with Gasteiger partial charge in [0.2, 0.25) is 0 Å². The lowest BCUT2D eigenvalue weighted by Gasteiger charge is -2.14. The molecule has 0 spiro atoms. The van der Waals surface area contributed by atoms with Gasteiger partial charge in [0.05, 0.1) is 0 Å². The molecule has 8 aromatic carbocycles. The molecule has 0 bridgehead atoms. The van der Waals surface area contributed by atoms with Crippen molar-refractivity contribution in [2.45, 2.75) is 0 Å². The van der Waals surface area contributed by atoms with Crippen LogP contribution in [0.2, 0.25) is 0 Å². The largest absolute Gasteiger partial charge is 0.456 e. The topological polar surface area (TPSA) is 51.8 Å². The Morgan fingerprint density at radius 2 is 0.830 bits per heavy atom. The molecule has 11 rings (SSSR count). The molecule has 2 aromatic heterocycles. The molecule has 53 heavy (non-hydrogen) atoms. The van der Waals surface area contributed by atoms with E-state index in [0.717, 1.165) is 60.9 Å². The van der Waals surface area contributed by atoms with Crippen molar-refractivity contribution in [1.29, 1.82) is 0 Å². The van der Waals surface area contributed by atoms with Gasteiger partial charge < -0.3 is 4.42 Å². The third kappa shape index (κ3) is 4.66. The van der Waals surface area contributed by atoms with Gasteiger partial charge in [0.1, 0.15) is 11.2 Å². The standard InChI is InChI=1S/C49H29N3O/c1-2-13-30(14-3-1)33-17-4-6-19-39(33)48-50-47(32-27-28-35-36-22-10-15-31-16-11-23-38(45(31)36)42(35)29-32)51-49(52-48)40-20-7-5-18-34(40)37-24-12-26-44-46(37)41-21-8-9-25-43(41)53-44/h1-29H. The van der Waals surface area contributed by atoms with Gasteiger partial charge >= 0.3 is 0 Å². The summed E-state index contributed by atoms with van der Waals surface area (Å²) in [6.45, 7) is 0. The predicted octanol–water partition coefficient (Wildman–Crippen LogP) is 12.9. The zero-order valence-electron chi connectivity index (χ0n) is 28.5. The lowest BCUT2D eigenvalue weighted by molar-refractivity contribution is 0.669. The monoisotopic (exact) mass is 675 g/mol. The first-order chi connectivity index (χ1) is 26.3. The van der Waals surface area contributed by atoms with Crippen molar-refractivity contribution in [3.63, 3.8) is 0 Å². The summed E-state index contributed by atoms with van der Waals surface area (Å²) in [4.78, 5) is 15.8. The van der Waals surface area contributed by atoms with E-state index in [9.17, 15) is 0 Å². The lowest BCUT2D eigenvalue weighted by atomic mass is 9.94. The second-order valence-electron chi connectivity index (χ2n) is 13.5. The van der Waals surface area contributed by atoms with E-state index < -0.39 is 0 Å². The van der Waals surface area contributed by atoms with Crippen molar-refractivity contribution in [3.05, 3.63) is 176 Å². The number of nitrogens with zero attached hydrogens (tertiary/aromatic N) is 3. The van der Waals surface area contributed by atoms with Crippen LogP contribution in [0.3, 0.4) is 0 Å². The molecule has 0 radical (unpaired) electrons. The molecule has 1 aliphatic carbocycles. The first-order valence-electron chi connectivity index (χ1n) is 17.9. The molecule has 2 heterocycles. The van der Waals surface area contributed by atoms with Gasteiger partial charge in [0.25, 0.3) is 0 Å². The summed E-state index contributed by atoms with van der Waals surface area (Å²) in [5.41, 5.74) is 13.7. The second-order valence-corrected chi connectivity index (χ2v) is 13.5. The Labute approximate surface area is 305 Å². The molecule has 10 aromatic rings. The first-order valence-corrected chi connectivity index (χ1v) is 17.9. The summed E-state index contributed by atoms with van der Waals surface area (Å²) in [6, 6.07) is 61.4. The Bertz CT molecular complexity index is 3060. The highest BCUT2D eigenvalue weighted by Gasteiger charge is 2.24. The summed E-state index contributed by atoms with van der Waals surface area (Å²) in [5, 5.41) is 4.70. The van der Waals surface area contributed by atoms with E-state index in [2.05, 4.69) is 152 Å². The molecule has 0 atom stereocenters. The second kappa shape index (κ2) is 11.7. The maximum absolute atomic E-state index is 6.31. The number of furan rings is 1. The highest BCUT2D eigenvalue weighted by atomic mass is 16.3. The van der Waals surface area contributed by atoms with E-state index in [1.165, 1.54) is 33.0 Å². The molecule has 1 aliphatic rings. The molecule has 0 saturated carbocycles. The average Bonchev–Trinajstić information content (AvgIpc) is 3.78. The minimum absolute atomic E-state index is 0.610. The fraction of sp³-hybridized carbons (Fsp3) is 0. The molecule has 0 unspecified atom stereocenters. The number of hydrogen-bond donors (Lipinski definition) is 0. The van der Waals surface area contributed by atoms with Crippen molar-refractivity contribution < 1.29 is 4.42 Å². The number of benzene rings is 8. The van der Waals surface area contributed by atoms with Crippen LogP contribution in [0.4, 0.5) is 0 Å². The molecule has 4 nitrogen and oxygen atoms in total. The Kier molecular flexibility index (Phi) is 6.52. The summed E-state index contributed by atoms with van der Waals surface area (Å²) in [6.07, 6.45) is 0. The van der Waals surface area contributed by atoms with Gasteiger partial charge in [-0.1, -0.05) is 158 Å². The van der Waals surface area contributed by atoms with Gasteiger partial charge in [-0.05, 0) is 73.5 Å². The van der Waals surface area contributed by atoms with E-state index in [4.69, 9.17) is 19.4 Å². The molecule has 4 heteroatoms. The smallest absolute Gasteiger partial charge is 0.164 e. The maximum atomic E-state index is 6.31. The van der Waals surface area contributed by atoms with E-state index >= 15 is 0 Å². The summed E-state index contributed by atoms with van der Waals surface area (Å²) in [5.74, 6) is 1.86. The molecule has 0 amide bonds. The van der Waals surface area contributed by atoms with Crippen LogP contribution in [-0.4, -0.2) is 15.0 Å². The number of hydrogen-bond acceptors (Lipinski definition) is 4. The van der Waals surface area contributed by atoms with Gasteiger partial charge in [-0.3, -0.25) is 0 Å². The molecular weight excluding hydrogens is 647 g/mol. The first kappa shape index (κ1) is 29.5. The van der Waals surface area contributed by atoms with Crippen molar-refractivity contribution in [1.82, 2.24) is 15.0 Å². The third-order valence-corrected chi connectivity index (χ3v) is 10.5. The maximum Gasteiger partial charge on any atom is 0.164 e. The minimum Gasteiger partial charge on any atom is -0.456 e. The highest BCUT2D eigenvalue weighted by Crippen LogP contribution is 2.48. The van der Waals surface area contributed by atoms with Crippen LogP contribution in [0.15, 0.2) is 180 Å². The molecule has 0 fully saturated rings. The fourth-order valence-electron chi connectivity index (χ4n) is 8.14. The predicted molar refractivity (Wildman–Crippen MR) is 216 cm³/mol. The van der Waals surface area contributed by atoms with Gasteiger partial charge in [-0.15, -0.1) is 0 Å². The highest BCUT2D eigenvalue weighted by molar-refractivity contribution is 6.16. The van der Waals surface area contributed by atoms with E-state index in [1.807, 2.05) is 24.3 Å². The Balaban J connectivity index is 1.16. The lowest BCUT2D eigenvalue weighted by Crippen LogP contribution is -2.02. The van der Waals surface area contributed by atoms with Crippen LogP contribution in [-0.2, 0) is 0 Å². The van der Waals surface area contributed by atoms with Gasteiger partial charge in [0.15, 0.2) is 17.5 Å². The summed E-state index contributed by atoms with van der Waals surface area (Å²) < 4.78 is 6.31. The van der Waals surface area contributed by atoms with Gasteiger partial charge in [0, 0.05) is 27.5 Å². The Morgan fingerprint density at radius 1 is 0.302 bits per heavy atom. The van der Waals surface area contributed by atoms with Crippen LogP contribution in [0.25, 0.3) is 111 Å². The molecule has 0 saturated heterocycles. The number of aromatic nitrogens is 3. The van der Waals surface area contributed by atoms with Crippen molar-refractivity contribution in [3.8, 4) is 78.7 Å². The van der Waals surface area contributed by atoms with Crippen LogP contribution < -0.4 is 0 Å². The van der Waals surface area contributed by atoms with Crippen LogP contribution in [0, 0.1) is 0 Å². The van der Waals surface area contributed by atoms with Crippen LogP contribution >= 0.6 is 0 Å². The zero-order chi connectivity index (χ0) is 34.9.